The molecule has 19 heavy (non-hydrogen) atoms. The summed E-state index contributed by atoms with van der Waals surface area (Å²) in [6, 6.07) is 4.58. The second-order valence-corrected chi connectivity index (χ2v) is 8.06. The zero-order valence-corrected chi connectivity index (χ0v) is 13.5. The molecular formula is C16H27NOS. The van der Waals surface area contributed by atoms with Crippen LogP contribution in [-0.2, 0) is 17.6 Å². The monoisotopic (exact) mass is 281 g/mol. The van der Waals surface area contributed by atoms with Gasteiger partial charge in [0.05, 0.1) is 6.61 Å². The molecule has 1 atom stereocenters. The van der Waals surface area contributed by atoms with Gasteiger partial charge in [-0.25, -0.2) is 0 Å². The van der Waals surface area contributed by atoms with E-state index in [2.05, 4.69) is 45.1 Å². The lowest BCUT2D eigenvalue weighted by molar-refractivity contribution is 0.144. The van der Waals surface area contributed by atoms with Crippen molar-refractivity contribution in [2.45, 2.75) is 52.5 Å². The lowest BCUT2D eigenvalue weighted by Crippen LogP contribution is -2.45. The van der Waals surface area contributed by atoms with Crippen LogP contribution in [0.3, 0.4) is 0 Å². The van der Waals surface area contributed by atoms with Crippen molar-refractivity contribution in [1.82, 2.24) is 5.32 Å². The van der Waals surface area contributed by atoms with Crippen molar-refractivity contribution in [1.29, 1.82) is 0 Å². The Hall–Kier alpha value is -0.380. The third kappa shape index (κ3) is 4.30. The van der Waals surface area contributed by atoms with Crippen LogP contribution in [0.2, 0.25) is 0 Å². The van der Waals surface area contributed by atoms with Crippen LogP contribution in [0.4, 0.5) is 0 Å². The Morgan fingerprint density at radius 3 is 2.58 bits per heavy atom. The zero-order chi connectivity index (χ0) is 13.9. The van der Waals surface area contributed by atoms with Gasteiger partial charge in [-0.1, -0.05) is 6.92 Å². The van der Waals surface area contributed by atoms with E-state index in [0.717, 1.165) is 32.6 Å². The molecule has 2 rings (SSSR count). The Morgan fingerprint density at radius 2 is 2.05 bits per heavy atom. The van der Waals surface area contributed by atoms with E-state index in [4.69, 9.17) is 4.74 Å². The molecule has 0 radical (unpaired) electrons. The van der Waals surface area contributed by atoms with Crippen molar-refractivity contribution in [3.63, 3.8) is 0 Å². The van der Waals surface area contributed by atoms with Gasteiger partial charge in [0.25, 0.3) is 0 Å². The molecule has 1 aromatic heterocycles. The molecule has 1 fully saturated rings. The van der Waals surface area contributed by atoms with E-state index in [0.29, 0.717) is 5.41 Å². The fraction of sp³-hybridized carbons (Fsp3) is 0.750. The van der Waals surface area contributed by atoms with Crippen LogP contribution in [0, 0.1) is 5.41 Å². The minimum absolute atomic E-state index is 0.180. The average Bonchev–Trinajstić information content (AvgIpc) is 2.96. The summed E-state index contributed by atoms with van der Waals surface area (Å²) in [6.45, 7) is 11.8. The quantitative estimate of drug-likeness (QED) is 0.889. The molecule has 0 aliphatic carbocycles. The maximum Gasteiger partial charge on any atom is 0.0538 e. The van der Waals surface area contributed by atoms with Crippen molar-refractivity contribution in [3.05, 3.63) is 21.9 Å². The van der Waals surface area contributed by atoms with E-state index in [9.17, 15) is 0 Å². The molecule has 3 heteroatoms. The minimum atomic E-state index is 0.180. The molecule has 1 saturated heterocycles. The van der Waals surface area contributed by atoms with Gasteiger partial charge >= 0.3 is 0 Å². The van der Waals surface area contributed by atoms with Crippen molar-refractivity contribution < 1.29 is 4.74 Å². The highest BCUT2D eigenvalue weighted by Gasteiger charge is 2.36. The number of ether oxygens (including phenoxy) is 1. The zero-order valence-electron chi connectivity index (χ0n) is 12.7. The molecule has 1 aliphatic rings. The van der Waals surface area contributed by atoms with Crippen molar-refractivity contribution in [2.24, 2.45) is 5.41 Å². The summed E-state index contributed by atoms with van der Waals surface area (Å²) in [5.74, 6) is 0. The second kappa shape index (κ2) is 5.94. The molecule has 1 N–H and O–H groups in total. The van der Waals surface area contributed by atoms with Gasteiger partial charge in [0.2, 0.25) is 0 Å². The third-order valence-electron chi connectivity index (χ3n) is 3.79. The Balaban J connectivity index is 2.02. The smallest absolute Gasteiger partial charge is 0.0538 e. The predicted molar refractivity (Wildman–Crippen MR) is 83.0 cm³/mol. The third-order valence-corrected chi connectivity index (χ3v) is 5.02. The van der Waals surface area contributed by atoms with Crippen LogP contribution in [0.5, 0.6) is 0 Å². The summed E-state index contributed by atoms with van der Waals surface area (Å²) in [4.78, 5) is 3.01. The topological polar surface area (TPSA) is 21.3 Å². The van der Waals surface area contributed by atoms with Crippen LogP contribution in [-0.4, -0.2) is 25.3 Å². The first-order valence-corrected chi connectivity index (χ1v) is 8.14. The van der Waals surface area contributed by atoms with Crippen LogP contribution in [0.15, 0.2) is 12.1 Å². The summed E-state index contributed by atoms with van der Waals surface area (Å²) in [6.07, 6.45) is 3.48. The highest BCUT2D eigenvalue weighted by atomic mass is 32.1. The van der Waals surface area contributed by atoms with Crippen LogP contribution in [0.1, 0.15) is 43.9 Å². The number of hydrogen-bond acceptors (Lipinski definition) is 3. The molecule has 1 aromatic rings. The maximum atomic E-state index is 5.70. The Kier molecular flexibility index (Phi) is 4.70. The Bertz CT molecular complexity index is 399. The molecule has 1 unspecified atom stereocenters. The van der Waals surface area contributed by atoms with Crippen molar-refractivity contribution in [2.75, 3.05) is 19.8 Å². The molecule has 0 amide bonds. The van der Waals surface area contributed by atoms with E-state index in [1.54, 1.807) is 0 Å². The predicted octanol–water partition coefficient (Wildman–Crippen LogP) is 3.65. The Labute approximate surface area is 121 Å². The first-order valence-electron chi connectivity index (χ1n) is 7.33. The average molecular weight is 281 g/mol. The summed E-state index contributed by atoms with van der Waals surface area (Å²) >= 11 is 1.97. The molecule has 0 spiro atoms. The van der Waals surface area contributed by atoms with Gasteiger partial charge in [0, 0.05) is 33.9 Å². The molecule has 0 aromatic carbocycles. The lowest BCUT2D eigenvalue weighted by atomic mass is 9.82. The normalized spacial score (nSPS) is 24.0. The van der Waals surface area contributed by atoms with Crippen LogP contribution < -0.4 is 5.32 Å². The number of hydrogen-bond donors (Lipinski definition) is 1. The fourth-order valence-electron chi connectivity index (χ4n) is 2.52. The number of rotatable bonds is 5. The largest absolute Gasteiger partial charge is 0.381 e. The fourth-order valence-corrected chi connectivity index (χ4v) is 3.65. The summed E-state index contributed by atoms with van der Waals surface area (Å²) < 4.78 is 5.70. The number of nitrogens with one attached hydrogen (secondary N) is 1. The van der Waals surface area contributed by atoms with Gasteiger partial charge < -0.3 is 10.1 Å². The number of thiophene rings is 1. The van der Waals surface area contributed by atoms with E-state index < -0.39 is 0 Å². The van der Waals surface area contributed by atoms with Gasteiger partial charge in [0.15, 0.2) is 0 Å². The molecule has 0 saturated carbocycles. The van der Waals surface area contributed by atoms with Gasteiger partial charge in [-0.3, -0.25) is 0 Å². The van der Waals surface area contributed by atoms with E-state index >= 15 is 0 Å². The minimum Gasteiger partial charge on any atom is -0.381 e. The first-order chi connectivity index (χ1) is 8.92. The second-order valence-electron chi connectivity index (χ2n) is 6.80. The SMILES string of the molecule is CCc1ccc(CC2(CNC(C)(C)C)CCOC2)s1. The maximum absolute atomic E-state index is 5.70. The lowest BCUT2D eigenvalue weighted by Gasteiger charge is -2.32. The summed E-state index contributed by atoms with van der Waals surface area (Å²) in [5, 5.41) is 3.67. The van der Waals surface area contributed by atoms with E-state index in [1.807, 2.05) is 11.3 Å². The first kappa shape index (κ1) is 15.0. The number of aryl methyl sites for hydroxylation is 1. The van der Waals surface area contributed by atoms with Crippen LogP contribution >= 0.6 is 11.3 Å². The van der Waals surface area contributed by atoms with Crippen LogP contribution in [0.25, 0.3) is 0 Å². The summed E-state index contributed by atoms with van der Waals surface area (Å²) in [7, 11) is 0. The van der Waals surface area contributed by atoms with Crippen molar-refractivity contribution >= 4 is 11.3 Å². The molecular weight excluding hydrogens is 254 g/mol. The Morgan fingerprint density at radius 1 is 1.32 bits per heavy atom. The van der Waals surface area contributed by atoms with Gasteiger partial charge in [0.1, 0.15) is 0 Å². The van der Waals surface area contributed by atoms with Gasteiger partial charge in [-0.05, 0) is 52.2 Å². The van der Waals surface area contributed by atoms with Crippen molar-refractivity contribution in [3.8, 4) is 0 Å². The molecule has 108 valence electrons. The van der Waals surface area contributed by atoms with E-state index in [-0.39, 0.29) is 5.54 Å². The molecule has 2 heterocycles. The van der Waals surface area contributed by atoms with Gasteiger partial charge in [-0.2, -0.15) is 0 Å². The summed E-state index contributed by atoms with van der Waals surface area (Å²) in [5.41, 5.74) is 0.475. The van der Waals surface area contributed by atoms with E-state index in [1.165, 1.54) is 16.2 Å². The highest BCUT2D eigenvalue weighted by molar-refractivity contribution is 7.11. The molecule has 1 aliphatic heterocycles. The molecule has 0 bridgehead atoms. The standard InChI is InChI=1S/C16H27NOS/c1-5-13-6-7-14(19-13)10-16(8-9-18-12-16)11-17-15(2,3)4/h6-7,17H,5,8-12H2,1-4H3. The van der Waals surface area contributed by atoms with Gasteiger partial charge in [-0.15, -0.1) is 11.3 Å². The molecule has 2 nitrogen and oxygen atoms in total. The highest BCUT2D eigenvalue weighted by Crippen LogP contribution is 2.34.